The lowest BCUT2D eigenvalue weighted by Gasteiger charge is -2.41. The maximum Gasteiger partial charge on any atom is 0.332 e. The van der Waals surface area contributed by atoms with E-state index in [0.717, 1.165) is 26.1 Å². The molecule has 1 fully saturated rings. The van der Waals surface area contributed by atoms with Gasteiger partial charge in [0.15, 0.2) is 11.2 Å². The van der Waals surface area contributed by atoms with Crippen LogP contribution in [0.2, 0.25) is 0 Å². The summed E-state index contributed by atoms with van der Waals surface area (Å²) in [6, 6.07) is 0. The fourth-order valence-electron chi connectivity index (χ4n) is 3.80. The topological polar surface area (TPSA) is 74.3 Å². The molecule has 0 radical (unpaired) electrons. The first-order valence-corrected chi connectivity index (χ1v) is 8.70. The Labute approximate surface area is 146 Å². The molecular formula is C17H27N5O3. The van der Waals surface area contributed by atoms with Gasteiger partial charge in [0.25, 0.3) is 5.56 Å². The van der Waals surface area contributed by atoms with E-state index in [0.29, 0.717) is 17.7 Å². The smallest absolute Gasteiger partial charge is 0.332 e. The maximum atomic E-state index is 12.7. The Kier molecular flexibility index (Phi) is 4.59. The van der Waals surface area contributed by atoms with Gasteiger partial charge in [0.2, 0.25) is 0 Å². The number of nitrogens with zero attached hydrogens (tertiary/aromatic N) is 5. The summed E-state index contributed by atoms with van der Waals surface area (Å²) in [4.78, 5) is 31.7. The predicted octanol–water partition coefficient (Wildman–Crippen LogP) is 0.323. The number of rotatable bonds is 4. The SMILES string of the molecule is C[C@H]1CN(CCCn2c(=O)c3c(ncn3C)n(C)c2=O)CC(C)(C)O1. The summed E-state index contributed by atoms with van der Waals surface area (Å²) in [5, 5.41) is 0. The van der Waals surface area contributed by atoms with E-state index >= 15 is 0 Å². The molecule has 8 heteroatoms. The molecule has 1 aliphatic heterocycles. The molecule has 0 amide bonds. The van der Waals surface area contributed by atoms with E-state index in [4.69, 9.17) is 4.74 Å². The summed E-state index contributed by atoms with van der Waals surface area (Å²) < 4.78 is 10.3. The summed E-state index contributed by atoms with van der Waals surface area (Å²) in [5.41, 5.74) is 0.138. The van der Waals surface area contributed by atoms with Gasteiger partial charge < -0.3 is 9.30 Å². The molecule has 0 spiro atoms. The molecule has 1 saturated heterocycles. The third-order valence-corrected chi connectivity index (χ3v) is 4.70. The Morgan fingerprint density at radius 2 is 2.00 bits per heavy atom. The van der Waals surface area contributed by atoms with Crippen molar-refractivity contribution in [2.75, 3.05) is 19.6 Å². The molecule has 0 bridgehead atoms. The minimum absolute atomic E-state index is 0.168. The highest BCUT2D eigenvalue weighted by molar-refractivity contribution is 5.69. The number of hydrogen-bond donors (Lipinski definition) is 0. The number of imidazole rings is 1. The van der Waals surface area contributed by atoms with Gasteiger partial charge in [-0.05, 0) is 27.2 Å². The van der Waals surface area contributed by atoms with E-state index in [1.807, 2.05) is 0 Å². The second kappa shape index (κ2) is 6.42. The zero-order chi connectivity index (χ0) is 18.4. The predicted molar refractivity (Wildman–Crippen MR) is 95.9 cm³/mol. The van der Waals surface area contributed by atoms with Crippen molar-refractivity contribution in [3.8, 4) is 0 Å². The molecule has 0 saturated carbocycles. The van der Waals surface area contributed by atoms with Crippen molar-refractivity contribution in [2.45, 2.75) is 45.4 Å². The molecule has 2 aromatic heterocycles. The summed E-state index contributed by atoms with van der Waals surface area (Å²) in [6.45, 7) is 9.21. The summed E-state index contributed by atoms with van der Waals surface area (Å²) >= 11 is 0. The lowest BCUT2D eigenvalue weighted by molar-refractivity contribution is -0.128. The van der Waals surface area contributed by atoms with Crippen LogP contribution in [-0.4, -0.2) is 54.9 Å². The van der Waals surface area contributed by atoms with E-state index in [9.17, 15) is 9.59 Å². The van der Waals surface area contributed by atoms with E-state index in [1.54, 1.807) is 25.0 Å². The molecule has 0 N–H and O–H groups in total. The van der Waals surface area contributed by atoms with Crippen molar-refractivity contribution >= 4 is 11.2 Å². The molecule has 138 valence electrons. The van der Waals surface area contributed by atoms with Crippen LogP contribution in [0.1, 0.15) is 27.2 Å². The van der Waals surface area contributed by atoms with Gasteiger partial charge in [0.1, 0.15) is 0 Å². The average Bonchev–Trinajstić information content (AvgIpc) is 2.88. The number of aromatic nitrogens is 4. The number of ether oxygens (including phenoxy) is 1. The standard InChI is InChI=1S/C17H27N5O3/c1-12-9-21(10-17(2,3)25-12)7-6-8-22-15(23)13-14(18-11-19(13)4)20(5)16(22)24/h11-12H,6-10H2,1-5H3/t12-/m0/s1. The zero-order valence-corrected chi connectivity index (χ0v) is 15.7. The highest BCUT2D eigenvalue weighted by Crippen LogP contribution is 2.20. The van der Waals surface area contributed by atoms with Crippen LogP contribution in [0.15, 0.2) is 15.9 Å². The Bertz CT molecular complexity index is 892. The van der Waals surface area contributed by atoms with Gasteiger partial charge in [0.05, 0.1) is 18.0 Å². The first-order valence-electron chi connectivity index (χ1n) is 8.70. The quantitative estimate of drug-likeness (QED) is 0.795. The van der Waals surface area contributed by atoms with Gasteiger partial charge in [-0.3, -0.25) is 18.8 Å². The molecule has 2 aromatic rings. The maximum absolute atomic E-state index is 12.7. The Hall–Kier alpha value is -1.93. The van der Waals surface area contributed by atoms with E-state index in [-0.39, 0.29) is 23.0 Å². The van der Waals surface area contributed by atoms with Crippen molar-refractivity contribution in [3.63, 3.8) is 0 Å². The third kappa shape index (κ3) is 3.41. The van der Waals surface area contributed by atoms with Crippen molar-refractivity contribution in [1.82, 2.24) is 23.6 Å². The summed E-state index contributed by atoms with van der Waals surface area (Å²) in [6.07, 6.45) is 2.49. The molecule has 0 unspecified atom stereocenters. The summed E-state index contributed by atoms with van der Waals surface area (Å²) in [7, 11) is 3.42. The highest BCUT2D eigenvalue weighted by atomic mass is 16.5. The van der Waals surface area contributed by atoms with Gasteiger partial charge in [-0.25, -0.2) is 9.78 Å². The van der Waals surface area contributed by atoms with Gasteiger partial charge in [-0.2, -0.15) is 0 Å². The second-order valence-corrected chi connectivity index (χ2v) is 7.60. The summed E-state index contributed by atoms with van der Waals surface area (Å²) in [5.74, 6) is 0. The van der Waals surface area contributed by atoms with Crippen molar-refractivity contribution in [3.05, 3.63) is 27.2 Å². The monoisotopic (exact) mass is 349 g/mol. The first-order chi connectivity index (χ1) is 11.7. The molecule has 0 aliphatic carbocycles. The Balaban J connectivity index is 1.77. The molecule has 3 rings (SSSR count). The van der Waals surface area contributed by atoms with E-state index < -0.39 is 0 Å². The third-order valence-electron chi connectivity index (χ3n) is 4.70. The van der Waals surface area contributed by atoms with Crippen LogP contribution in [0.5, 0.6) is 0 Å². The van der Waals surface area contributed by atoms with Crippen LogP contribution in [0.25, 0.3) is 11.2 Å². The van der Waals surface area contributed by atoms with Crippen molar-refractivity contribution < 1.29 is 4.74 Å². The lowest BCUT2D eigenvalue weighted by atomic mass is 10.1. The van der Waals surface area contributed by atoms with Gasteiger partial charge in [-0.1, -0.05) is 0 Å². The van der Waals surface area contributed by atoms with Crippen LogP contribution >= 0.6 is 0 Å². The second-order valence-electron chi connectivity index (χ2n) is 7.60. The molecule has 3 heterocycles. The number of hydrogen-bond acceptors (Lipinski definition) is 5. The molecule has 1 aliphatic rings. The lowest BCUT2D eigenvalue weighted by Crippen LogP contribution is -2.52. The molecular weight excluding hydrogens is 322 g/mol. The minimum Gasteiger partial charge on any atom is -0.370 e. The Morgan fingerprint density at radius 3 is 2.68 bits per heavy atom. The van der Waals surface area contributed by atoms with Crippen molar-refractivity contribution in [2.24, 2.45) is 14.1 Å². The zero-order valence-electron chi connectivity index (χ0n) is 15.7. The highest BCUT2D eigenvalue weighted by Gasteiger charge is 2.30. The van der Waals surface area contributed by atoms with E-state index in [1.165, 1.54) is 9.13 Å². The van der Waals surface area contributed by atoms with Gasteiger partial charge in [0, 0.05) is 40.3 Å². The fourth-order valence-corrected chi connectivity index (χ4v) is 3.80. The van der Waals surface area contributed by atoms with Gasteiger partial charge >= 0.3 is 5.69 Å². The largest absolute Gasteiger partial charge is 0.370 e. The Morgan fingerprint density at radius 1 is 1.28 bits per heavy atom. The number of aryl methyl sites for hydroxylation is 2. The van der Waals surface area contributed by atoms with Crippen LogP contribution in [0, 0.1) is 0 Å². The van der Waals surface area contributed by atoms with Crippen LogP contribution in [-0.2, 0) is 25.4 Å². The fraction of sp³-hybridized carbons (Fsp3) is 0.706. The minimum atomic E-state index is -0.313. The molecule has 1 atom stereocenters. The number of morpholine rings is 1. The van der Waals surface area contributed by atoms with Crippen LogP contribution < -0.4 is 11.2 Å². The first kappa shape index (κ1) is 17.9. The van der Waals surface area contributed by atoms with Crippen molar-refractivity contribution in [1.29, 1.82) is 0 Å². The normalized spacial score (nSPS) is 21.1. The van der Waals surface area contributed by atoms with Crippen LogP contribution in [0.3, 0.4) is 0 Å². The number of fused-ring (bicyclic) bond motifs is 1. The van der Waals surface area contributed by atoms with E-state index in [2.05, 4.69) is 30.7 Å². The van der Waals surface area contributed by atoms with Crippen LogP contribution in [0.4, 0.5) is 0 Å². The molecule has 8 nitrogen and oxygen atoms in total. The molecule has 0 aromatic carbocycles. The van der Waals surface area contributed by atoms with Gasteiger partial charge in [-0.15, -0.1) is 0 Å². The molecule has 25 heavy (non-hydrogen) atoms. The average molecular weight is 349 g/mol.